The van der Waals surface area contributed by atoms with Gasteiger partial charge < -0.3 is 10.2 Å². The number of carbonyl (C=O) groups is 3. The molecule has 162 valence electrons. The maximum absolute atomic E-state index is 13.1. The molecule has 0 aromatic heterocycles. The first kappa shape index (κ1) is 22.3. The number of halogens is 1. The second kappa shape index (κ2) is 9.21. The van der Waals surface area contributed by atoms with Crippen molar-refractivity contribution in [2.75, 3.05) is 19.6 Å². The molecule has 2 saturated heterocycles. The number of carbonyl (C=O) groups excluding carboxylic acids is 3. The topological polar surface area (TPSA) is 69.7 Å². The molecule has 1 atom stereocenters. The van der Waals surface area contributed by atoms with Crippen molar-refractivity contribution in [1.82, 2.24) is 15.1 Å². The third-order valence-electron chi connectivity index (χ3n) is 6.30. The van der Waals surface area contributed by atoms with E-state index < -0.39 is 5.54 Å². The average molecular weight is 432 g/mol. The Balaban J connectivity index is 1.59. The van der Waals surface area contributed by atoms with E-state index in [-0.39, 0.29) is 30.3 Å². The molecular formula is C23H30ClN3O3. The predicted octanol–water partition coefficient (Wildman–Crippen LogP) is 3.79. The number of rotatable bonds is 7. The summed E-state index contributed by atoms with van der Waals surface area (Å²) in [5.41, 5.74) is 0.868. The number of nitrogens with one attached hydrogen (secondary N) is 1. The third-order valence-corrected chi connectivity index (χ3v) is 6.67. The van der Waals surface area contributed by atoms with Crippen LogP contribution in [0.4, 0.5) is 4.79 Å². The van der Waals surface area contributed by atoms with Crippen LogP contribution in [-0.4, -0.2) is 52.8 Å². The Labute approximate surface area is 183 Å². The van der Waals surface area contributed by atoms with Crippen LogP contribution in [0.3, 0.4) is 0 Å². The molecular weight excluding hydrogens is 402 g/mol. The van der Waals surface area contributed by atoms with Crippen molar-refractivity contribution in [3.05, 3.63) is 47.0 Å². The Morgan fingerprint density at radius 1 is 1.27 bits per heavy atom. The minimum atomic E-state index is -0.876. The number of imide groups is 1. The lowest BCUT2D eigenvalue weighted by atomic mass is 9.75. The molecule has 0 radical (unpaired) electrons. The number of aryl methyl sites for hydroxylation is 1. The van der Waals surface area contributed by atoms with E-state index in [0.717, 1.165) is 11.1 Å². The van der Waals surface area contributed by atoms with Crippen LogP contribution in [0, 0.1) is 5.92 Å². The van der Waals surface area contributed by atoms with Gasteiger partial charge in [-0.3, -0.25) is 14.5 Å². The number of urea groups is 1. The van der Waals surface area contributed by atoms with Crippen molar-refractivity contribution in [2.45, 2.75) is 51.5 Å². The summed E-state index contributed by atoms with van der Waals surface area (Å²) in [6.45, 7) is 8.99. The van der Waals surface area contributed by atoms with E-state index in [1.807, 2.05) is 36.1 Å². The molecule has 0 saturated carbocycles. The molecule has 2 fully saturated rings. The normalized spacial score (nSPS) is 22.4. The van der Waals surface area contributed by atoms with Gasteiger partial charge in [0.2, 0.25) is 5.91 Å². The van der Waals surface area contributed by atoms with Crippen molar-refractivity contribution >= 4 is 29.4 Å². The van der Waals surface area contributed by atoms with Gasteiger partial charge in [0, 0.05) is 24.5 Å². The maximum atomic E-state index is 13.1. The Bertz CT molecular complexity index is 848. The molecule has 1 unspecified atom stereocenters. The van der Waals surface area contributed by atoms with Gasteiger partial charge in [-0.2, -0.15) is 0 Å². The van der Waals surface area contributed by atoms with E-state index in [0.29, 0.717) is 50.2 Å². The van der Waals surface area contributed by atoms with Crippen LogP contribution < -0.4 is 5.32 Å². The zero-order valence-electron chi connectivity index (χ0n) is 17.7. The summed E-state index contributed by atoms with van der Waals surface area (Å²) < 4.78 is 0. The lowest BCUT2D eigenvalue weighted by Gasteiger charge is -2.40. The summed E-state index contributed by atoms with van der Waals surface area (Å²) in [6, 6.07) is 7.23. The van der Waals surface area contributed by atoms with Crippen LogP contribution in [0.15, 0.2) is 36.4 Å². The first-order valence-corrected chi connectivity index (χ1v) is 11.0. The van der Waals surface area contributed by atoms with E-state index in [1.54, 1.807) is 6.92 Å². The standard InChI is InChI=1S/C23H30ClN3O3/c1-4-23(21(29)27(15-16(2)3)22(30)25-23)18-11-13-26(14-12-18)20(28)10-9-17-7-5-6-8-19(17)24/h5-8,18H,2,4,9-15H2,1,3H3,(H,25,30). The minimum Gasteiger partial charge on any atom is -0.343 e. The van der Waals surface area contributed by atoms with Gasteiger partial charge in [0.1, 0.15) is 5.54 Å². The SMILES string of the molecule is C=C(C)CN1C(=O)NC(CC)(C2CCN(C(=O)CCc3ccccc3Cl)CC2)C1=O. The van der Waals surface area contributed by atoms with E-state index in [4.69, 9.17) is 11.6 Å². The number of hydrogen-bond donors (Lipinski definition) is 1. The molecule has 1 N–H and O–H groups in total. The number of piperidine rings is 1. The van der Waals surface area contributed by atoms with Gasteiger partial charge in [0.25, 0.3) is 5.91 Å². The number of hydrogen-bond acceptors (Lipinski definition) is 3. The van der Waals surface area contributed by atoms with Crippen LogP contribution in [0.25, 0.3) is 0 Å². The molecule has 1 aromatic rings. The van der Waals surface area contributed by atoms with Crippen molar-refractivity contribution < 1.29 is 14.4 Å². The zero-order valence-corrected chi connectivity index (χ0v) is 18.5. The molecule has 2 heterocycles. The fraction of sp³-hybridized carbons (Fsp3) is 0.522. The summed E-state index contributed by atoms with van der Waals surface area (Å²) in [6.07, 6.45) is 2.95. The highest BCUT2D eigenvalue weighted by molar-refractivity contribution is 6.31. The van der Waals surface area contributed by atoms with Crippen LogP contribution in [0.5, 0.6) is 0 Å². The highest BCUT2D eigenvalue weighted by atomic mass is 35.5. The Kier molecular flexibility index (Phi) is 6.86. The average Bonchev–Trinajstić information content (AvgIpc) is 2.98. The monoisotopic (exact) mass is 431 g/mol. The van der Waals surface area contributed by atoms with Gasteiger partial charge in [-0.1, -0.05) is 48.9 Å². The van der Waals surface area contributed by atoms with Crippen molar-refractivity contribution in [3.63, 3.8) is 0 Å². The van der Waals surface area contributed by atoms with Crippen LogP contribution in [0.1, 0.15) is 45.1 Å². The minimum absolute atomic E-state index is 0.0155. The zero-order chi connectivity index (χ0) is 21.9. The maximum Gasteiger partial charge on any atom is 0.325 e. The Morgan fingerprint density at radius 3 is 2.53 bits per heavy atom. The highest BCUT2D eigenvalue weighted by Gasteiger charge is 2.54. The van der Waals surface area contributed by atoms with Gasteiger partial charge in [0.05, 0.1) is 6.54 Å². The van der Waals surface area contributed by atoms with Crippen molar-refractivity contribution in [2.24, 2.45) is 5.92 Å². The fourth-order valence-electron chi connectivity index (χ4n) is 4.59. The molecule has 1 aromatic carbocycles. The molecule has 0 bridgehead atoms. The summed E-state index contributed by atoms with van der Waals surface area (Å²) in [7, 11) is 0. The molecule has 2 aliphatic heterocycles. The molecule has 30 heavy (non-hydrogen) atoms. The van der Waals surface area contributed by atoms with Gasteiger partial charge in [-0.25, -0.2) is 4.79 Å². The second-order valence-corrected chi connectivity index (χ2v) is 8.76. The van der Waals surface area contributed by atoms with Gasteiger partial charge >= 0.3 is 6.03 Å². The van der Waals surface area contributed by atoms with Crippen LogP contribution in [-0.2, 0) is 16.0 Å². The Morgan fingerprint density at radius 2 is 1.93 bits per heavy atom. The van der Waals surface area contributed by atoms with E-state index in [1.165, 1.54) is 4.90 Å². The summed E-state index contributed by atoms with van der Waals surface area (Å²) in [4.78, 5) is 41.4. The first-order valence-electron chi connectivity index (χ1n) is 10.6. The lowest BCUT2D eigenvalue weighted by Crippen LogP contribution is -2.56. The number of benzene rings is 1. The van der Waals surface area contributed by atoms with Gasteiger partial charge in [-0.15, -0.1) is 0 Å². The lowest BCUT2D eigenvalue weighted by molar-refractivity contribution is -0.136. The summed E-state index contributed by atoms with van der Waals surface area (Å²) >= 11 is 6.18. The molecule has 0 spiro atoms. The number of nitrogens with zero attached hydrogens (tertiary/aromatic N) is 2. The smallest absolute Gasteiger partial charge is 0.325 e. The predicted molar refractivity (Wildman–Crippen MR) is 117 cm³/mol. The molecule has 2 aliphatic rings. The largest absolute Gasteiger partial charge is 0.343 e. The van der Waals surface area contributed by atoms with Crippen LogP contribution in [0.2, 0.25) is 5.02 Å². The molecule has 3 rings (SSSR count). The quantitative estimate of drug-likeness (QED) is 0.527. The number of amides is 4. The summed E-state index contributed by atoms with van der Waals surface area (Å²) in [5.74, 6) is -0.0483. The molecule has 6 nitrogen and oxygen atoms in total. The highest BCUT2D eigenvalue weighted by Crippen LogP contribution is 2.36. The van der Waals surface area contributed by atoms with Crippen molar-refractivity contribution in [1.29, 1.82) is 0 Å². The van der Waals surface area contributed by atoms with E-state index in [2.05, 4.69) is 11.9 Å². The Hall–Kier alpha value is -2.34. The fourth-order valence-corrected chi connectivity index (χ4v) is 4.82. The molecule has 4 amide bonds. The molecule has 7 heteroatoms. The summed E-state index contributed by atoms with van der Waals surface area (Å²) in [5, 5.41) is 3.65. The van der Waals surface area contributed by atoms with Crippen LogP contribution >= 0.6 is 11.6 Å². The van der Waals surface area contributed by atoms with Crippen molar-refractivity contribution in [3.8, 4) is 0 Å². The van der Waals surface area contributed by atoms with Gasteiger partial charge in [0.15, 0.2) is 0 Å². The first-order chi connectivity index (χ1) is 14.3. The number of likely N-dealkylation sites (tertiary alicyclic amines) is 1. The van der Waals surface area contributed by atoms with Gasteiger partial charge in [-0.05, 0) is 50.2 Å². The van der Waals surface area contributed by atoms with E-state index >= 15 is 0 Å². The van der Waals surface area contributed by atoms with E-state index in [9.17, 15) is 14.4 Å². The third kappa shape index (κ3) is 4.38. The molecule has 0 aliphatic carbocycles. The second-order valence-electron chi connectivity index (χ2n) is 8.35.